The average Bonchev–Trinajstić information content (AvgIpc) is 3.13. The molecule has 100 valence electrons. The lowest BCUT2D eigenvalue weighted by Crippen LogP contribution is -2.15. The third-order valence-corrected chi connectivity index (χ3v) is 2.90. The molecule has 0 aliphatic heterocycles. The highest BCUT2D eigenvalue weighted by Gasteiger charge is 2.17. The molecule has 3 rings (SSSR count). The fourth-order valence-electron chi connectivity index (χ4n) is 1.90. The smallest absolute Gasteiger partial charge is 0.359 e. The topological polar surface area (TPSA) is 87.8 Å². The summed E-state index contributed by atoms with van der Waals surface area (Å²) in [6, 6.07) is 10.5. The lowest BCUT2D eigenvalue weighted by atomic mass is 10.2. The van der Waals surface area contributed by atoms with Crippen molar-refractivity contribution in [3.05, 3.63) is 54.0 Å². The van der Waals surface area contributed by atoms with E-state index in [1.807, 2.05) is 12.1 Å². The molecular formula is C14H11N3O3. The predicted octanol–water partition coefficient (Wildman–Crippen LogP) is 1.93. The van der Waals surface area contributed by atoms with E-state index in [9.17, 15) is 9.59 Å². The van der Waals surface area contributed by atoms with Crippen LogP contribution in [-0.4, -0.2) is 33.5 Å². The fraction of sp³-hybridized carbons (Fsp3) is 0.0714. The van der Waals surface area contributed by atoms with Crippen molar-refractivity contribution < 1.29 is 14.3 Å². The van der Waals surface area contributed by atoms with Gasteiger partial charge in [0.25, 0.3) is 0 Å². The first-order chi connectivity index (χ1) is 9.75. The molecule has 2 heterocycles. The van der Waals surface area contributed by atoms with Gasteiger partial charge in [0.15, 0.2) is 12.3 Å². The number of Topliss-reactive ketones (excluding diaryl/α,β-unsaturated/α-hetero) is 1. The van der Waals surface area contributed by atoms with E-state index in [0.29, 0.717) is 11.1 Å². The van der Waals surface area contributed by atoms with Crippen molar-refractivity contribution in [2.45, 2.75) is 0 Å². The zero-order valence-electron chi connectivity index (χ0n) is 10.4. The van der Waals surface area contributed by atoms with Gasteiger partial charge in [0.1, 0.15) is 0 Å². The largest absolute Gasteiger partial charge is 0.452 e. The Balaban J connectivity index is 1.72. The van der Waals surface area contributed by atoms with Crippen LogP contribution in [-0.2, 0) is 4.74 Å². The van der Waals surface area contributed by atoms with Crippen LogP contribution in [0.4, 0.5) is 0 Å². The molecule has 0 aliphatic carbocycles. The first kappa shape index (κ1) is 12.2. The van der Waals surface area contributed by atoms with Gasteiger partial charge in [0.2, 0.25) is 5.78 Å². The highest BCUT2D eigenvalue weighted by molar-refractivity contribution is 6.03. The van der Waals surface area contributed by atoms with Crippen molar-refractivity contribution in [3.63, 3.8) is 0 Å². The SMILES string of the molecule is O=C(COC(=O)c1n[nH]c2ccccc12)c1ccc[nH]1. The van der Waals surface area contributed by atoms with Gasteiger partial charge in [0.05, 0.1) is 11.2 Å². The molecule has 2 aromatic heterocycles. The maximum atomic E-state index is 11.9. The summed E-state index contributed by atoms with van der Waals surface area (Å²) < 4.78 is 4.99. The Bertz CT molecular complexity index is 759. The molecule has 0 atom stereocenters. The minimum absolute atomic E-state index is 0.180. The quantitative estimate of drug-likeness (QED) is 0.559. The van der Waals surface area contributed by atoms with Crippen molar-refractivity contribution in [2.75, 3.05) is 6.61 Å². The number of aromatic amines is 2. The number of fused-ring (bicyclic) bond motifs is 1. The molecule has 0 radical (unpaired) electrons. The highest BCUT2D eigenvalue weighted by atomic mass is 16.5. The number of hydrogen-bond acceptors (Lipinski definition) is 4. The van der Waals surface area contributed by atoms with E-state index in [-0.39, 0.29) is 18.1 Å². The monoisotopic (exact) mass is 269 g/mol. The third kappa shape index (κ3) is 2.18. The summed E-state index contributed by atoms with van der Waals surface area (Å²) in [6.07, 6.45) is 1.64. The Hall–Kier alpha value is -2.89. The number of H-pyrrole nitrogens is 2. The van der Waals surface area contributed by atoms with Gasteiger partial charge in [-0.3, -0.25) is 9.89 Å². The van der Waals surface area contributed by atoms with Gasteiger partial charge in [-0.05, 0) is 18.2 Å². The molecule has 2 N–H and O–H groups in total. The molecule has 20 heavy (non-hydrogen) atoms. The van der Waals surface area contributed by atoms with E-state index >= 15 is 0 Å². The van der Waals surface area contributed by atoms with Crippen LogP contribution < -0.4 is 0 Å². The van der Waals surface area contributed by atoms with Crippen LogP contribution in [0.25, 0.3) is 10.9 Å². The molecule has 0 saturated heterocycles. The van der Waals surface area contributed by atoms with Crippen molar-refractivity contribution in [3.8, 4) is 0 Å². The minimum atomic E-state index is -0.623. The normalized spacial score (nSPS) is 10.6. The predicted molar refractivity (Wildman–Crippen MR) is 71.5 cm³/mol. The third-order valence-electron chi connectivity index (χ3n) is 2.90. The second-order valence-electron chi connectivity index (χ2n) is 4.20. The van der Waals surface area contributed by atoms with Gasteiger partial charge >= 0.3 is 5.97 Å². The number of nitrogens with zero attached hydrogens (tertiary/aromatic N) is 1. The maximum absolute atomic E-state index is 11.9. The number of carbonyl (C=O) groups is 2. The van der Waals surface area contributed by atoms with Gasteiger partial charge in [0, 0.05) is 11.6 Å². The number of para-hydroxylation sites is 1. The van der Waals surface area contributed by atoms with E-state index in [1.165, 1.54) is 0 Å². The van der Waals surface area contributed by atoms with E-state index in [4.69, 9.17) is 4.74 Å². The summed E-state index contributed by atoms with van der Waals surface area (Å²) >= 11 is 0. The van der Waals surface area contributed by atoms with Crippen molar-refractivity contribution in [1.82, 2.24) is 15.2 Å². The number of ketones is 1. The summed E-state index contributed by atoms with van der Waals surface area (Å²) in [5, 5.41) is 7.33. The fourth-order valence-corrected chi connectivity index (χ4v) is 1.90. The molecule has 0 amide bonds. The molecule has 0 spiro atoms. The van der Waals surface area contributed by atoms with Crippen molar-refractivity contribution >= 4 is 22.7 Å². The number of rotatable bonds is 4. The van der Waals surface area contributed by atoms with Crippen LogP contribution in [0.3, 0.4) is 0 Å². The molecule has 0 saturated carbocycles. The molecule has 0 aliphatic rings. The maximum Gasteiger partial charge on any atom is 0.359 e. The van der Waals surface area contributed by atoms with Gasteiger partial charge in [-0.15, -0.1) is 0 Å². The number of aromatic nitrogens is 3. The standard InChI is InChI=1S/C14H11N3O3/c18-12(11-6-3-7-15-11)8-20-14(19)13-9-4-1-2-5-10(9)16-17-13/h1-7,15H,8H2,(H,16,17). The van der Waals surface area contributed by atoms with Crippen LogP contribution in [0.15, 0.2) is 42.6 Å². The molecule has 6 heteroatoms. The molecule has 6 nitrogen and oxygen atoms in total. The molecule has 0 unspecified atom stereocenters. The van der Waals surface area contributed by atoms with E-state index in [0.717, 1.165) is 5.52 Å². The average molecular weight is 269 g/mol. The second-order valence-corrected chi connectivity index (χ2v) is 4.20. The van der Waals surface area contributed by atoms with Crippen molar-refractivity contribution in [1.29, 1.82) is 0 Å². The van der Waals surface area contributed by atoms with Crippen molar-refractivity contribution in [2.24, 2.45) is 0 Å². The van der Waals surface area contributed by atoms with Gasteiger partial charge < -0.3 is 9.72 Å². The molecular weight excluding hydrogens is 258 g/mol. The first-order valence-corrected chi connectivity index (χ1v) is 6.02. The van der Waals surface area contributed by atoms with Gasteiger partial charge in [-0.2, -0.15) is 5.10 Å². The number of ether oxygens (including phenoxy) is 1. The Labute approximate surface area is 113 Å². The number of nitrogens with one attached hydrogen (secondary N) is 2. The number of carbonyl (C=O) groups excluding carboxylic acids is 2. The summed E-state index contributed by atoms with van der Waals surface area (Å²) in [6.45, 7) is -0.319. The lowest BCUT2D eigenvalue weighted by Gasteiger charge is -2.01. The number of benzene rings is 1. The molecule has 0 bridgehead atoms. The second kappa shape index (κ2) is 5.00. The Morgan fingerprint density at radius 1 is 1.15 bits per heavy atom. The Morgan fingerprint density at radius 2 is 2.00 bits per heavy atom. The van der Waals surface area contributed by atoms with Crippen LogP contribution in [0, 0.1) is 0 Å². The van der Waals surface area contributed by atoms with E-state index < -0.39 is 5.97 Å². The summed E-state index contributed by atoms with van der Waals surface area (Å²) in [4.78, 5) is 26.4. The number of esters is 1. The van der Waals surface area contributed by atoms with E-state index in [1.54, 1.807) is 30.5 Å². The summed E-state index contributed by atoms with van der Waals surface area (Å²) in [7, 11) is 0. The van der Waals surface area contributed by atoms with Crippen LogP contribution in [0.2, 0.25) is 0 Å². The molecule has 0 fully saturated rings. The highest BCUT2D eigenvalue weighted by Crippen LogP contribution is 2.15. The van der Waals surface area contributed by atoms with E-state index in [2.05, 4.69) is 15.2 Å². The Kier molecular flexibility index (Phi) is 3.04. The van der Waals surface area contributed by atoms with Crippen LogP contribution in [0.1, 0.15) is 21.0 Å². The summed E-state index contributed by atoms with van der Waals surface area (Å²) in [5.41, 5.74) is 1.33. The van der Waals surface area contributed by atoms with Gasteiger partial charge in [-0.1, -0.05) is 18.2 Å². The summed E-state index contributed by atoms with van der Waals surface area (Å²) in [5.74, 6) is -0.912. The minimum Gasteiger partial charge on any atom is -0.452 e. The molecule has 3 aromatic rings. The zero-order valence-corrected chi connectivity index (χ0v) is 10.4. The molecule has 1 aromatic carbocycles. The van der Waals surface area contributed by atoms with Gasteiger partial charge in [-0.25, -0.2) is 4.79 Å². The van der Waals surface area contributed by atoms with Crippen LogP contribution in [0.5, 0.6) is 0 Å². The number of hydrogen-bond donors (Lipinski definition) is 2. The Morgan fingerprint density at radius 3 is 2.80 bits per heavy atom. The lowest BCUT2D eigenvalue weighted by molar-refractivity contribution is 0.0469. The first-order valence-electron chi connectivity index (χ1n) is 6.02. The van der Waals surface area contributed by atoms with Crippen LogP contribution >= 0.6 is 0 Å². The zero-order chi connectivity index (χ0) is 13.9.